The van der Waals surface area contributed by atoms with Crippen LogP contribution in [0.4, 0.5) is 0 Å². The molecule has 0 saturated heterocycles. The van der Waals surface area contributed by atoms with Gasteiger partial charge < -0.3 is 10.2 Å². The SMILES string of the molecule is C=C(C)C([O])=O.CC/C(=C/C(=O)O)C(=O)O. The molecule has 0 fully saturated rings. The molecular weight excluding hydrogens is 216 g/mol. The van der Waals surface area contributed by atoms with E-state index in [2.05, 4.69) is 6.58 Å². The Labute approximate surface area is 92.5 Å². The first-order chi connectivity index (χ1) is 7.22. The molecule has 0 heterocycles. The van der Waals surface area contributed by atoms with Crippen molar-refractivity contribution in [3.8, 4) is 0 Å². The minimum absolute atomic E-state index is 0.0648. The second kappa shape index (κ2) is 8.22. The Morgan fingerprint density at radius 1 is 1.25 bits per heavy atom. The fourth-order valence-electron chi connectivity index (χ4n) is 0.464. The third-order valence-electron chi connectivity index (χ3n) is 1.30. The lowest BCUT2D eigenvalue weighted by atomic mass is 10.2. The van der Waals surface area contributed by atoms with Gasteiger partial charge in [-0.15, -0.1) is 0 Å². The van der Waals surface area contributed by atoms with Crippen LogP contribution in [-0.2, 0) is 19.5 Å². The zero-order valence-corrected chi connectivity index (χ0v) is 9.02. The van der Waals surface area contributed by atoms with E-state index in [0.717, 1.165) is 0 Å². The second-order valence-corrected chi connectivity index (χ2v) is 2.73. The second-order valence-electron chi connectivity index (χ2n) is 2.73. The number of hydrogen-bond donors (Lipinski definition) is 2. The Bertz CT molecular complexity index is 314. The molecule has 0 aromatic heterocycles. The lowest BCUT2D eigenvalue weighted by Gasteiger charge is -1.92. The van der Waals surface area contributed by atoms with Crippen LogP contribution < -0.4 is 0 Å². The molecule has 0 spiro atoms. The van der Waals surface area contributed by atoms with Gasteiger partial charge in [0.1, 0.15) is 0 Å². The normalized spacial score (nSPS) is 9.75. The molecule has 0 aromatic rings. The minimum atomic E-state index is -1.22. The Balaban J connectivity index is 0. The summed E-state index contributed by atoms with van der Waals surface area (Å²) in [6.45, 7) is 6.06. The van der Waals surface area contributed by atoms with E-state index in [1.54, 1.807) is 6.92 Å². The van der Waals surface area contributed by atoms with Crippen molar-refractivity contribution in [2.24, 2.45) is 0 Å². The lowest BCUT2D eigenvalue weighted by Crippen LogP contribution is -2.02. The van der Waals surface area contributed by atoms with Gasteiger partial charge in [-0.1, -0.05) is 13.5 Å². The maximum absolute atomic E-state index is 10.1. The summed E-state index contributed by atoms with van der Waals surface area (Å²) in [6.07, 6.45) is 0.921. The first-order valence-corrected chi connectivity index (χ1v) is 4.26. The molecule has 0 aliphatic carbocycles. The summed E-state index contributed by atoms with van der Waals surface area (Å²) in [5, 5.41) is 25.9. The third kappa shape index (κ3) is 9.97. The summed E-state index contributed by atoms with van der Waals surface area (Å²) in [4.78, 5) is 29.6. The lowest BCUT2D eigenvalue weighted by molar-refractivity contribution is -0.138. The van der Waals surface area contributed by atoms with Crippen molar-refractivity contribution in [3.05, 3.63) is 23.8 Å². The largest absolute Gasteiger partial charge is 0.478 e. The molecular formula is C10H13O6. The van der Waals surface area contributed by atoms with Gasteiger partial charge in [-0.2, -0.15) is 0 Å². The Morgan fingerprint density at radius 3 is 1.69 bits per heavy atom. The smallest absolute Gasteiger partial charge is 0.381 e. The van der Waals surface area contributed by atoms with Crippen LogP contribution in [0.5, 0.6) is 0 Å². The predicted molar refractivity (Wildman–Crippen MR) is 54.2 cm³/mol. The van der Waals surface area contributed by atoms with Crippen molar-refractivity contribution in [1.29, 1.82) is 0 Å². The fourth-order valence-corrected chi connectivity index (χ4v) is 0.464. The number of carbonyl (C=O) groups is 3. The zero-order valence-electron chi connectivity index (χ0n) is 9.02. The highest BCUT2D eigenvalue weighted by Gasteiger charge is 2.05. The first-order valence-electron chi connectivity index (χ1n) is 4.26. The number of rotatable bonds is 4. The van der Waals surface area contributed by atoms with Gasteiger partial charge in [0.25, 0.3) is 0 Å². The van der Waals surface area contributed by atoms with Crippen LogP contribution in [0.25, 0.3) is 0 Å². The molecule has 1 radical (unpaired) electrons. The van der Waals surface area contributed by atoms with Crippen LogP contribution in [0, 0.1) is 0 Å². The van der Waals surface area contributed by atoms with E-state index in [1.807, 2.05) is 0 Å². The fraction of sp³-hybridized carbons (Fsp3) is 0.300. The third-order valence-corrected chi connectivity index (χ3v) is 1.30. The van der Waals surface area contributed by atoms with E-state index in [9.17, 15) is 19.5 Å². The minimum Gasteiger partial charge on any atom is -0.478 e. The molecule has 6 heteroatoms. The van der Waals surface area contributed by atoms with Crippen LogP contribution in [0.3, 0.4) is 0 Å². The van der Waals surface area contributed by atoms with Gasteiger partial charge in [-0.25, -0.2) is 19.5 Å². The molecule has 0 amide bonds. The highest BCUT2D eigenvalue weighted by atomic mass is 16.4. The quantitative estimate of drug-likeness (QED) is 0.698. The summed E-state index contributed by atoms with van der Waals surface area (Å²) in [6, 6.07) is 0. The topological polar surface area (TPSA) is 112 Å². The van der Waals surface area contributed by atoms with Gasteiger partial charge in [0.05, 0.1) is 0 Å². The molecule has 16 heavy (non-hydrogen) atoms. The van der Waals surface area contributed by atoms with Crippen LogP contribution >= 0.6 is 0 Å². The van der Waals surface area contributed by atoms with Crippen LogP contribution in [0.1, 0.15) is 20.3 Å². The highest BCUT2D eigenvalue weighted by molar-refractivity contribution is 5.94. The molecule has 0 unspecified atom stereocenters. The molecule has 0 rings (SSSR count). The van der Waals surface area contributed by atoms with E-state index >= 15 is 0 Å². The zero-order chi connectivity index (χ0) is 13.3. The molecule has 2 N–H and O–H groups in total. The van der Waals surface area contributed by atoms with Crippen molar-refractivity contribution in [2.75, 3.05) is 0 Å². The van der Waals surface area contributed by atoms with Gasteiger partial charge >= 0.3 is 17.9 Å². The first kappa shape index (κ1) is 16.3. The Morgan fingerprint density at radius 2 is 1.62 bits per heavy atom. The van der Waals surface area contributed by atoms with Gasteiger partial charge in [-0.3, -0.25) is 0 Å². The van der Waals surface area contributed by atoms with Crippen molar-refractivity contribution in [1.82, 2.24) is 0 Å². The van der Waals surface area contributed by atoms with E-state index in [-0.39, 0.29) is 17.6 Å². The number of carbonyl (C=O) groups excluding carboxylic acids is 1. The van der Waals surface area contributed by atoms with Gasteiger partial charge in [0.15, 0.2) is 0 Å². The molecule has 0 bridgehead atoms. The summed E-state index contributed by atoms with van der Waals surface area (Å²) in [5.41, 5.74) is -0.0255. The van der Waals surface area contributed by atoms with Crippen LogP contribution in [-0.4, -0.2) is 28.1 Å². The summed E-state index contributed by atoms with van der Waals surface area (Å²) in [7, 11) is 0. The van der Waals surface area contributed by atoms with Crippen LogP contribution in [0.2, 0.25) is 0 Å². The van der Waals surface area contributed by atoms with Crippen LogP contribution in [0.15, 0.2) is 23.8 Å². The van der Waals surface area contributed by atoms with Crippen molar-refractivity contribution >= 4 is 17.9 Å². The van der Waals surface area contributed by atoms with E-state index in [4.69, 9.17) is 10.2 Å². The number of aliphatic carboxylic acids is 2. The van der Waals surface area contributed by atoms with Crippen molar-refractivity contribution < 1.29 is 29.7 Å². The standard InChI is InChI=1S/C6H8O4.C4H5O2/c1-2-4(6(9)10)3-5(7)8;1-3(2)4(5)6/h3H,2H2,1H3,(H,7,8)(H,9,10);1H2,2H3/b4-3-;. The maximum Gasteiger partial charge on any atom is 0.381 e. The monoisotopic (exact) mass is 229 g/mol. The van der Waals surface area contributed by atoms with Gasteiger partial charge in [0, 0.05) is 17.2 Å². The number of carboxylic acid groups (broad SMARTS) is 2. The summed E-state index contributed by atoms with van der Waals surface area (Å²) in [5.74, 6) is -3.58. The molecule has 0 aliphatic heterocycles. The number of hydrogen-bond acceptors (Lipinski definition) is 3. The average Bonchev–Trinajstić information content (AvgIpc) is 2.14. The molecule has 0 atom stereocenters. The van der Waals surface area contributed by atoms with Crippen molar-refractivity contribution in [3.63, 3.8) is 0 Å². The average molecular weight is 229 g/mol. The van der Waals surface area contributed by atoms with E-state index in [0.29, 0.717) is 6.08 Å². The van der Waals surface area contributed by atoms with Crippen molar-refractivity contribution in [2.45, 2.75) is 20.3 Å². The Hall–Kier alpha value is -2.11. The molecule has 0 saturated carbocycles. The summed E-state index contributed by atoms with van der Waals surface area (Å²) >= 11 is 0. The van der Waals surface area contributed by atoms with E-state index < -0.39 is 17.9 Å². The van der Waals surface area contributed by atoms with Gasteiger partial charge in [-0.05, 0) is 13.3 Å². The maximum atomic E-state index is 10.1. The van der Waals surface area contributed by atoms with E-state index in [1.165, 1.54) is 6.92 Å². The summed E-state index contributed by atoms with van der Waals surface area (Å²) < 4.78 is 0. The molecule has 0 aliphatic rings. The number of carboxylic acids is 2. The highest BCUT2D eigenvalue weighted by Crippen LogP contribution is 1.98. The van der Waals surface area contributed by atoms with Gasteiger partial charge in [0.2, 0.25) is 0 Å². The predicted octanol–water partition coefficient (Wildman–Crippen LogP) is 1.01. The molecule has 6 nitrogen and oxygen atoms in total. The molecule has 89 valence electrons. The Kier molecular flexibility index (Phi) is 8.39. The molecule has 0 aromatic carbocycles.